The lowest BCUT2D eigenvalue weighted by Gasteiger charge is -2.32. The van der Waals surface area contributed by atoms with E-state index in [2.05, 4.69) is 28.5 Å². The first kappa shape index (κ1) is 9.91. The highest BCUT2D eigenvalue weighted by Gasteiger charge is 2.24. The molecular formula is C11H14N4. The highest BCUT2D eigenvalue weighted by Crippen LogP contribution is 2.30. The van der Waals surface area contributed by atoms with Crippen LogP contribution in [0, 0.1) is 17.2 Å². The fraction of sp³-hybridized carbons (Fsp3) is 0.545. The number of rotatable bonds is 3. The van der Waals surface area contributed by atoms with Gasteiger partial charge in [-0.25, -0.2) is 0 Å². The average Bonchev–Trinajstić information content (AvgIpc) is 2.15. The van der Waals surface area contributed by atoms with Gasteiger partial charge in [-0.15, -0.1) is 5.10 Å². The van der Waals surface area contributed by atoms with E-state index < -0.39 is 0 Å². The number of hydrogen-bond donors (Lipinski definition) is 1. The Labute approximate surface area is 89.3 Å². The molecule has 0 bridgehead atoms. The summed E-state index contributed by atoms with van der Waals surface area (Å²) in [5, 5.41) is 19.9. The minimum Gasteiger partial charge on any atom is -0.365 e. The van der Waals surface area contributed by atoms with Crippen molar-refractivity contribution in [2.24, 2.45) is 5.92 Å². The summed E-state index contributed by atoms with van der Waals surface area (Å²) < 4.78 is 0. The van der Waals surface area contributed by atoms with Crippen LogP contribution in [0.2, 0.25) is 0 Å². The van der Waals surface area contributed by atoms with Gasteiger partial charge in [0.1, 0.15) is 6.07 Å². The highest BCUT2D eigenvalue weighted by atomic mass is 15.2. The zero-order valence-electron chi connectivity index (χ0n) is 8.77. The van der Waals surface area contributed by atoms with Crippen molar-refractivity contribution in [2.75, 3.05) is 5.32 Å². The van der Waals surface area contributed by atoms with E-state index in [9.17, 15) is 0 Å². The molecule has 1 atom stereocenters. The molecule has 1 aromatic heterocycles. The molecule has 0 radical (unpaired) electrons. The van der Waals surface area contributed by atoms with Gasteiger partial charge in [-0.2, -0.15) is 10.4 Å². The first-order valence-corrected chi connectivity index (χ1v) is 5.29. The molecular weight excluding hydrogens is 188 g/mol. The van der Waals surface area contributed by atoms with Gasteiger partial charge in [0.05, 0.1) is 11.8 Å². The van der Waals surface area contributed by atoms with E-state index >= 15 is 0 Å². The monoisotopic (exact) mass is 202 g/mol. The second-order valence-corrected chi connectivity index (χ2v) is 4.03. The average molecular weight is 202 g/mol. The predicted octanol–water partition coefficient (Wildman–Crippen LogP) is 1.95. The summed E-state index contributed by atoms with van der Waals surface area (Å²) in [6, 6.07) is 4.17. The molecule has 1 aromatic rings. The molecule has 2 rings (SSSR count). The van der Waals surface area contributed by atoms with Crippen LogP contribution in [0.3, 0.4) is 0 Å². The normalized spacial score (nSPS) is 17.6. The van der Waals surface area contributed by atoms with E-state index in [1.54, 1.807) is 6.07 Å². The first-order chi connectivity index (χ1) is 7.31. The van der Waals surface area contributed by atoms with Crippen molar-refractivity contribution in [3.63, 3.8) is 0 Å². The van der Waals surface area contributed by atoms with Crippen molar-refractivity contribution >= 4 is 5.82 Å². The third-order valence-corrected chi connectivity index (χ3v) is 3.06. The van der Waals surface area contributed by atoms with E-state index in [-0.39, 0.29) is 0 Å². The van der Waals surface area contributed by atoms with Crippen LogP contribution in [0.1, 0.15) is 31.7 Å². The lowest BCUT2D eigenvalue weighted by Crippen LogP contribution is -2.31. The molecule has 0 spiro atoms. The smallest absolute Gasteiger partial charge is 0.166 e. The summed E-state index contributed by atoms with van der Waals surface area (Å²) in [4.78, 5) is 0. The van der Waals surface area contributed by atoms with E-state index in [0.717, 1.165) is 5.92 Å². The third kappa shape index (κ3) is 2.07. The van der Waals surface area contributed by atoms with Crippen LogP contribution in [0.25, 0.3) is 0 Å². The molecule has 15 heavy (non-hydrogen) atoms. The van der Waals surface area contributed by atoms with E-state index in [1.165, 1.54) is 25.5 Å². The van der Waals surface area contributed by atoms with Gasteiger partial charge in [0.25, 0.3) is 0 Å². The molecule has 1 saturated carbocycles. The van der Waals surface area contributed by atoms with Crippen molar-refractivity contribution in [1.29, 1.82) is 5.26 Å². The SMILES string of the molecule is CC(Nc1nnccc1C#N)C1CCC1. The summed E-state index contributed by atoms with van der Waals surface area (Å²) in [6.45, 7) is 2.14. The number of aromatic nitrogens is 2. The van der Waals surface area contributed by atoms with E-state index in [1.807, 2.05) is 0 Å². The summed E-state index contributed by atoms with van der Waals surface area (Å²) in [5.41, 5.74) is 0.566. The fourth-order valence-corrected chi connectivity index (χ4v) is 1.80. The molecule has 1 aliphatic carbocycles. The van der Waals surface area contributed by atoms with Crippen molar-refractivity contribution in [2.45, 2.75) is 32.2 Å². The summed E-state index contributed by atoms with van der Waals surface area (Å²) in [5.74, 6) is 1.33. The van der Waals surface area contributed by atoms with Gasteiger partial charge in [-0.05, 0) is 31.7 Å². The van der Waals surface area contributed by atoms with Gasteiger partial charge >= 0.3 is 0 Å². The van der Waals surface area contributed by atoms with Gasteiger partial charge < -0.3 is 5.32 Å². The molecule has 78 valence electrons. The van der Waals surface area contributed by atoms with Crippen molar-refractivity contribution in [1.82, 2.24) is 10.2 Å². The Morgan fingerprint density at radius 3 is 3.00 bits per heavy atom. The number of nitrogens with zero attached hydrogens (tertiary/aromatic N) is 3. The molecule has 0 aromatic carbocycles. The lowest BCUT2D eigenvalue weighted by molar-refractivity contribution is 0.284. The zero-order chi connectivity index (χ0) is 10.7. The Kier molecular flexibility index (Phi) is 2.82. The second-order valence-electron chi connectivity index (χ2n) is 4.03. The fourth-order valence-electron chi connectivity index (χ4n) is 1.80. The molecule has 1 aliphatic rings. The Morgan fingerprint density at radius 1 is 1.60 bits per heavy atom. The minimum absolute atomic E-state index is 0.377. The van der Waals surface area contributed by atoms with Crippen LogP contribution in [-0.4, -0.2) is 16.2 Å². The Hall–Kier alpha value is -1.63. The summed E-state index contributed by atoms with van der Waals surface area (Å²) >= 11 is 0. The van der Waals surface area contributed by atoms with Crippen molar-refractivity contribution < 1.29 is 0 Å². The molecule has 1 N–H and O–H groups in total. The standard InChI is InChI=1S/C11H14N4/c1-8(9-3-2-4-9)14-11-10(7-12)5-6-13-15-11/h5-6,8-9H,2-4H2,1H3,(H,14,15). The number of anilines is 1. The topological polar surface area (TPSA) is 61.6 Å². The molecule has 0 aliphatic heterocycles. The van der Waals surface area contributed by atoms with Gasteiger partial charge in [-0.1, -0.05) is 6.42 Å². The lowest BCUT2D eigenvalue weighted by atomic mass is 9.80. The molecule has 1 fully saturated rings. The maximum absolute atomic E-state index is 8.88. The predicted molar refractivity (Wildman–Crippen MR) is 57.2 cm³/mol. The van der Waals surface area contributed by atoms with Gasteiger partial charge in [0.2, 0.25) is 0 Å². The molecule has 0 amide bonds. The quantitative estimate of drug-likeness (QED) is 0.813. The van der Waals surface area contributed by atoms with Crippen LogP contribution in [0.5, 0.6) is 0 Å². The van der Waals surface area contributed by atoms with Gasteiger partial charge in [0, 0.05) is 6.04 Å². The van der Waals surface area contributed by atoms with E-state index in [0.29, 0.717) is 17.4 Å². The Morgan fingerprint density at radius 2 is 2.40 bits per heavy atom. The molecule has 1 heterocycles. The number of hydrogen-bond acceptors (Lipinski definition) is 4. The minimum atomic E-state index is 0.377. The molecule has 4 nitrogen and oxygen atoms in total. The maximum Gasteiger partial charge on any atom is 0.166 e. The van der Waals surface area contributed by atoms with Crippen LogP contribution >= 0.6 is 0 Å². The largest absolute Gasteiger partial charge is 0.365 e. The summed E-state index contributed by atoms with van der Waals surface area (Å²) in [7, 11) is 0. The number of nitrogens with one attached hydrogen (secondary N) is 1. The number of nitriles is 1. The third-order valence-electron chi connectivity index (χ3n) is 3.06. The molecule has 4 heteroatoms. The van der Waals surface area contributed by atoms with Gasteiger partial charge in [0.15, 0.2) is 5.82 Å². The van der Waals surface area contributed by atoms with Crippen molar-refractivity contribution in [3.8, 4) is 6.07 Å². The Bertz CT molecular complexity index is 378. The van der Waals surface area contributed by atoms with E-state index in [4.69, 9.17) is 5.26 Å². The second kappa shape index (κ2) is 4.26. The summed E-state index contributed by atoms with van der Waals surface area (Å²) in [6.07, 6.45) is 5.41. The zero-order valence-corrected chi connectivity index (χ0v) is 8.77. The van der Waals surface area contributed by atoms with Crippen LogP contribution in [0.4, 0.5) is 5.82 Å². The molecule has 1 unspecified atom stereocenters. The first-order valence-electron chi connectivity index (χ1n) is 5.29. The van der Waals surface area contributed by atoms with Crippen LogP contribution < -0.4 is 5.32 Å². The van der Waals surface area contributed by atoms with Gasteiger partial charge in [-0.3, -0.25) is 0 Å². The van der Waals surface area contributed by atoms with Crippen LogP contribution in [0.15, 0.2) is 12.3 Å². The van der Waals surface area contributed by atoms with Crippen LogP contribution in [-0.2, 0) is 0 Å². The Balaban J connectivity index is 2.06. The maximum atomic E-state index is 8.88. The highest BCUT2D eigenvalue weighted by molar-refractivity contribution is 5.50. The molecule has 0 saturated heterocycles. The van der Waals surface area contributed by atoms with Crippen molar-refractivity contribution in [3.05, 3.63) is 17.8 Å².